The molecule has 0 unspecified atom stereocenters. The van der Waals surface area contributed by atoms with Crippen molar-refractivity contribution in [2.75, 3.05) is 11.9 Å². The van der Waals surface area contributed by atoms with Crippen molar-refractivity contribution in [2.24, 2.45) is 5.73 Å². The van der Waals surface area contributed by atoms with Gasteiger partial charge in [-0.1, -0.05) is 53.0 Å². The Morgan fingerprint density at radius 1 is 1.05 bits per heavy atom. The van der Waals surface area contributed by atoms with Crippen molar-refractivity contribution in [3.8, 4) is 0 Å². The largest absolute Gasteiger partial charge is 0.330 e. The maximum atomic E-state index is 12.4. The highest BCUT2D eigenvalue weighted by Gasteiger charge is 2.13. The smallest absolute Gasteiger partial charge is 0.255 e. The highest BCUT2D eigenvalue weighted by atomic mass is 35.5. The van der Waals surface area contributed by atoms with Gasteiger partial charge in [0.2, 0.25) is 0 Å². The van der Waals surface area contributed by atoms with E-state index >= 15 is 0 Å². The lowest BCUT2D eigenvalue weighted by molar-refractivity contribution is 0.102. The van der Waals surface area contributed by atoms with Crippen LogP contribution in [0.2, 0.25) is 15.1 Å². The predicted molar refractivity (Wildman–Crippen MR) is 88.6 cm³/mol. The molecule has 0 aliphatic heterocycles. The van der Waals surface area contributed by atoms with Gasteiger partial charge in [-0.05, 0) is 36.7 Å². The molecule has 0 spiro atoms. The van der Waals surface area contributed by atoms with Gasteiger partial charge in [-0.2, -0.15) is 0 Å². The lowest BCUT2D eigenvalue weighted by Crippen LogP contribution is -2.16. The van der Waals surface area contributed by atoms with Crippen LogP contribution in [0.3, 0.4) is 0 Å². The Bertz CT molecular complexity index is 674. The molecular weight excluding hydrogens is 331 g/mol. The molecule has 1 amide bonds. The summed E-state index contributed by atoms with van der Waals surface area (Å²) in [6.45, 7) is 0.470. The first-order valence-electron chi connectivity index (χ1n) is 6.26. The van der Waals surface area contributed by atoms with E-state index in [9.17, 15) is 4.79 Å². The minimum atomic E-state index is -0.265. The Balaban J connectivity index is 2.28. The molecule has 2 aromatic carbocycles. The van der Waals surface area contributed by atoms with Crippen molar-refractivity contribution >= 4 is 46.4 Å². The normalized spacial score (nSPS) is 10.5. The minimum absolute atomic E-state index is 0.265. The third-order valence-corrected chi connectivity index (χ3v) is 3.97. The fourth-order valence-electron chi connectivity index (χ4n) is 1.92. The van der Waals surface area contributed by atoms with Crippen molar-refractivity contribution in [3.05, 3.63) is 62.6 Å². The Hall–Kier alpha value is -1.26. The first kappa shape index (κ1) is 16.1. The number of anilines is 1. The summed E-state index contributed by atoms with van der Waals surface area (Å²) in [4.78, 5) is 12.4. The Morgan fingerprint density at radius 3 is 2.43 bits per heavy atom. The summed E-state index contributed by atoms with van der Waals surface area (Å²) >= 11 is 17.9. The van der Waals surface area contributed by atoms with Gasteiger partial charge >= 0.3 is 0 Å². The molecule has 2 aromatic rings. The van der Waals surface area contributed by atoms with E-state index in [-0.39, 0.29) is 5.91 Å². The van der Waals surface area contributed by atoms with Gasteiger partial charge in [0.05, 0.1) is 20.8 Å². The second kappa shape index (κ2) is 7.14. The number of benzene rings is 2. The van der Waals surface area contributed by atoms with Gasteiger partial charge in [0.25, 0.3) is 5.91 Å². The van der Waals surface area contributed by atoms with Crippen LogP contribution in [0.1, 0.15) is 15.9 Å². The zero-order valence-electron chi connectivity index (χ0n) is 11.0. The van der Waals surface area contributed by atoms with E-state index in [0.29, 0.717) is 39.3 Å². The number of nitrogens with two attached hydrogens (primary N) is 1. The van der Waals surface area contributed by atoms with Crippen LogP contribution in [0.25, 0.3) is 0 Å². The summed E-state index contributed by atoms with van der Waals surface area (Å²) in [6, 6.07) is 10.3. The van der Waals surface area contributed by atoms with Gasteiger partial charge in [0, 0.05) is 5.56 Å². The molecule has 0 aromatic heterocycles. The molecule has 0 saturated carbocycles. The molecule has 0 saturated heterocycles. The summed E-state index contributed by atoms with van der Waals surface area (Å²) in [5.41, 5.74) is 7.42. The lowest BCUT2D eigenvalue weighted by Gasteiger charge is -2.11. The highest BCUT2D eigenvalue weighted by Crippen LogP contribution is 2.32. The highest BCUT2D eigenvalue weighted by molar-refractivity contribution is 6.44. The monoisotopic (exact) mass is 342 g/mol. The number of amides is 1. The maximum absolute atomic E-state index is 12.4. The van der Waals surface area contributed by atoms with E-state index in [1.807, 2.05) is 12.1 Å². The summed E-state index contributed by atoms with van der Waals surface area (Å²) in [5.74, 6) is -0.265. The van der Waals surface area contributed by atoms with Gasteiger partial charge in [0.1, 0.15) is 0 Å². The molecule has 0 radical (unpaired) electrons. The fraction of sp³-hybridized carbons (Fsp3) is 0.133. The van der Waals surface area contributed by atoms with Gasteiger partial charge in [-0.15, -0.1) is 0 Å². The Kier molecular flexibility index (Phi) is 5.48. The standard InChI is InChI=1S/C15H13Cl3N2O/c16-11-7-13(18)14(8-12(11)17)20-15(21)10-4-2-1-3-9(10)5-6-19/h1-4,7-8H,5-6,19H2,(H,20,21). The molecule has 3 N–H and O–H groups in total. The average molecular weight is 344 g/mol. The number of hydrogen-bond acceptors (Lipinski definition) is 2. The van der Waals surface area contributed by atoms with Crippen molar-refractivity contribution < 1.29 is 4.79 Å². The van der Waals surface area contributed by atoms with E-state index in [2.05, 4.69) is 5.32 Å². The molecule has 0 fully saturated rings. The van der Waals surface area contributed by atoms with Crippen LogP contribution in [0.4, 0.5) is 5.69 Å². The first-order chi connectivity index (χ1) is 10.0. The molecule has 0 atom stereocenters. The minimum Gasteiger partial charge on any atom is -0.330 e. The van der Waals surface area contributed by atoms with E-state index in [4.69, 9.17) is 40.5 Å². The molecule has 3 nitrogen and oxygen atoms in total. The first-order valence-corrected chi connectivity index (χ1v) is 7.40. The Labute approximate surface area is 138 Å². The van der Waals surface area contributed by atoms with Crippen molar-refractivity contribution in [1.82, 2.24) is 0 Å². The third-order valence-electron chi connectivity index (χ3n) is 2.93. The summed E-state index contributed by atoms with van der Waals surface area (Å²) < 4.78 is 0. The predicted octanol–water partition coefficient (Wildman–Crippen LogP) is 4.40. The second-order valence-corrected chi connectivity index (χ2v) is 5.62. The number of nitrogens with one attached hydrogen (secondary N) is 1. The summed E-state index contributed by atoms with van der Waals surface area (Å²) in [7, 11) is 0. The molecule has 0 aliphatic rings. The van der Waals surface area contributed by atoms with Crippen LogP contribution in [-0.2, 0) is 6.42 Å². The SMILES string of the molecule is NCCc1ccccc1C(=O)Nc1cc(Cl)c(Cl)cc1Cl. The van der Waals surface area contributed by atoms with Crippen LogP contribution in [0.15, 0.2) is 36.4 Å². The molecule has 21 heavy (non-hydrogen) atoms. The van der Waals surface area contributed by atoms with Gasteiger partial charge in [-0.25, -0.2) is 0 Å². The van der Waals surface area contributed by atoms with Gasteiger partial charge < -0.3 is 11.1 Å². The van der Waals surface area contributed by atoms with Gasteiger partial charge in [0.15, 0.2) is 0 Å². The van der Waals surface area contributed by atoms with Crippen molar-refractivity contribution in [2.45, 2.75) is 6.42 Å². The molecule has 0 heterocycles. The molecule has 0 aliphatic carbocycles. The van der Waals surface area contributed by atoms with Crippen molar-refractivity contribution in [1.29, 1.82) is 0 Å². The zero-order valence-corrected chi connectivity index (χ0v) is 13.3. The van der Waals surface area contributed by atoms with Crippen LogP contribution >= 0.6 is 34.8 Å². The van der Waals surface area contributed by atoms with Crippen LogP contribution in [0.5, 0.6) is 0 Å². The Morgan fingerprint density at radius 2 is 1.71 bits per heavy atom. The fourth-order valence-corrected chi connectivity index (χ4v) is 2.52. The number of carbonyl (C=O) groups is 1. The lowest BCUT2D eigenvalue weighted by atomic mass is 10.0. The van der Waals surface area contributed by atoms with E-state index in [1.54, 1.807) is 12.1 Å². The second-order valence-electron chi connectivity index (χ2n) is 4.40. The number of rotatable bonds is 4. The quantitative estimate of drug-likeness (QED) is 0.808. The van der Waals surface area contributed by atoms with Crippen molar-refractivity contribution in [3.63, 3.8) is 0 Å². The van der Waals surface area contributed by atoms with E-state index < -0.39 is 0 Å². The number of hydrogen-bond donors (Lipinski definition) is 2. The number of carbonyl (C=O) groups excluding carboxylic acids is 1. The zero-order chi connectivity index (χ0) is 15.4. The van der Waals surface area contributed by atoms with E-state index in [1.165, 1.54) is 12.1 Å². The van der Waals surface area contributed by atoms with E-state index in [0.717, 1.165) is 5.56 Å². The molecule has 0 bridgehead atoms. The average Bonchev–Trinajstić information content (AvgIpc) is 2.45. The van der Waals surface area contributed by atoms with Crippen LogP contribution in [0, 0.1) is 0 Å². The van der Waals surface area contributed by atoms with Crippen LogP contribution in [-0.4, -0.2) is 12.5 Å². The molecule has 6 heteroatoms. The molecule has 2 rings (SSSR count). The van der Waals surface area contributed by atoms with Gasteiger partial charge in [-0.3, -0.25) is 4.79 Å². The van der Waals surface area contributed by atoms with Crippen LogP contribution < -0.4 is 11.1 Å². The maximum Gasteiger partial charge on any atom is 0.255 e. The molecular formula is C15H13Cl3N2O. The summed E-state index contributed by atoms with van der Waals surface area (Å²) in [5, 5.41) is 3.73. The summed E-state index contributed by atoms with van der Waals surface area (Å²) in [6.07, 6.45) is 0.624. The third kappa shape index (κ3) is 3.89. The topological polar surface area (TPSA) is 55.1 Å². The number of halogens is 3. The molecule has 110 valence electrons.